The zero-order chi connectivity index (χ0) is 21.9. The lowest BCUT2D eigenvalue weighted by Gasteiger charge is -2.16. The summed E-state index contributed by atoms with van der Waals surface area (Å²) in [5.74, 6) is -0.326. The van der Waals surface area contributed by atoms with E-state index in [1.807, 2.05) is 0 Å². The second kappa shape index (κ2) is 12.9. The van der Waals surface area contributed by atoms with Gasteiger partial charge in [0.1, 0.15) is 18.4 Å². The molecule has 168 valence electrons. The number of hydrogen-bond donors (Lipinski definition) is 2. The Bertz CT molecular complexity index is 818. The highest BCUT2D eigenvalue weighted by Crippen LogP contribution is 2.30. The molecule has 1 aromatic heterocycles. The molecule has 2 N–H and O–H groups in total. The van der Waals surface area contributed by atoms with Crippen LogP contribution in [-0.2, 0) is 14.3 Å². The molecular weight excluding hydrogens is 456 g/mol. The first-order chi connectivity index (χ1) is 14.5. The topological polar surface area (TPSA) is 111 Å². The Labute approximate surface area is 184 Å². The summed E-state index contributed by atoms with van der Waals surface area (Å²) in [6, 6.07) is 0. The number of aliphatic hydroxyl groups is 1. The van der Waals surface area contributed by atoms with Crippen molar-refractivity contribution in [1.82, 2.24) is 9.55 Å². The van der Waals surface area contributed by atoms with Crippen LogP contribution in [0.3, 0.4) is 0 Å². The number of ether oxygens (including phenoxy) is 2. The Kier molecular flexibility index (Phi) is 10.5. The summed E-state index contributed by atoms with van der Waals surface area (Å²) in [6.45, 7) is 1.85. The van der Waals surface area contributed by atoms with Gasteiger partial charge in [-0.25, -0.2) is 4.79 Å². The quantitative estimate of drug-likeness (QED) is 0.346. The van der Waals surface area contributed by atoms with Crippen LogP contribution < -0.4 is 11.2 Å². The van der Waals surface area contributed by atoms with E-state index in [0.29, 0.717) is 6.42 Å². The molecule has 0 spiro atoms. The number of nitrogens with zero attached hydrogens (tertiary/aromatic N) is 1. The van der Waals surface area contributed by atoms with Crippen molar-refractivity contribution in [2.24, 2.45) is 0 Å². The van der Waals surface area contributed by atoms with Crippen molar-refractivity contribution < 1.29 is 19.4 Å². The average Bonchev–Trinajstić information content (AvgIpc) is 3.11. The van der Waals surface area contributed by atoms with E-state index in [2.05, 4.69) is 27.8 Å². The van der Waals surface area contributed by atoms with Gasteiger partial charge in [-0.3, -0.25) is 19.1 Å². The molecule has 0 bridgehead atoms. The van der Waals surface area contributed by atoms with Crippen molar-refractivity contribution >= 4 is 28.0 Å². The summed E-state index contributed by atoms with van der Waals surface area (Å²) >= 11 is 3.10. The van der Waals surface area contributed by atoms with E-state index in [1.54, 1.807) is 0 Å². The lowest BCUT2D eigenvalue weighted by molar-refractivity contribution is -0.153. The number of nitrogens with one attached hydrogen (secondary N) is 1. The maximum absolute atomic E-state index is 12.2. The first kappa shape index (κ1) is 24.6. The number of carbonyl (C=O) groups excluding carboxylic acids is 1. The van der Waals surface area contributed by atoms with E-state index in [-0.39, 0.29) is 24.6 Å². The van der Waals surface area contributed by atoms with Gasteiger partial charge in [-0.2, -0.15) is 0 Å². The second-order valence-electron chi connectivity index (χ2n) is 7.49. The van der Waals surface area contributed by atoms with E-state index < -0.39 is 29.7 Å². The molecule has 2 heterocycles. The molecule has 3 atom stereocenters. The Balaban J connectivity index is 1.90. The predicted molar refractivity (Wildman–Crippen MR) is 117 cm³/mol. The molecule has 1 fully saturated rings. The zero-order valence-corrected chi connectivity index (χ0v) is 18.9. The van der Waals surface area contributed by atoms with Crippen LogP contribution in [0.25, 0.3) is 6.08 Å². The van der Waals surface area contributed by atoms with Gasteiger partial charge in [0.05, 0.1) is 12.2 Å². The van der Waals surface area contributed by atoms with Crippen LogP contribution in [0.5, 0.6) is 0 Å². The Morgan fingerprint density at radius 2 is 2.00 bits per heavy atom. The highest BCUT2D eigenvalue weighted by Gasteiger charge is 2.39. The molecule has 2 rings (SSSR count). The van der Waals surface area contributed by atoms with E-state index in [1.165, 1.54) is 47.5 Å². The van der Waals surface area contributed by atoms with Gasteiger partial charge in [0.25, 0.3) is 5.56 Å². The number of aromatic amines is 1. The summed E-state index contributed by atoms with van der Waals surface area (Å²) < 4.78 is 12.5. The number of hydrogen-bond acceptors (Lipinski definition) is 6. The van der Waals surface area contributed by atoms with Crippen LogP contribution >= 0.6 is 15.9 Å². The number of H-pyrrole nitrogens is 1. The minimum absolute atomic E-state index is 0.220. The Hall–Kier alpha value is -1.71. The van der Waals surface area contributed by atoms with Gasteiger partial charge in [0.2, 0.25) is 0 Å². The molecule has 30 heavy (non-hydrogen) atoms. The van der Waals surface area contributed by atoms with Crippen LogP contribution in [0.15, 0.2) is 20.8 Å². The van der Waals surface area contributed by atoms with Crippen LogP contribution in [0, 0.1) is 0 Å². The van der Waals surface area contributed by atoms with Crippen molar-refractivity contribution in [3.05, 3.63) is 37.6 Å². The third-order valence-corrected chi connectivity index (χ3v) is 5.44. The lowest BCUT2D eigenvalue weighted by atomic mass is 10.1. The third-order valence-electron chi connectivity index (χ3n) is 5.18. The molecule has 1 aliphatic rings. The minimum Gasteiger partial charge on any atom is -0.459 e. The minimum atomic E-state index is -0.745. The third kappa shape index (κ3) is 7.21. The molecule has 8 nitrogen and oxygen atoms in total. The van der Waals surface area contributed by atoms with Crippen molar-refractivity contribution in [2.75, 3.05) is 6.61 Å². The zero-order valence-electron chi connectivity index (χ0n) is 17.3. The number of halogens is 1. The molecule has 0 radical (unpaired) electrons. The SMILES string of the molecule is CCCCCCCCCC(=O)O[C@H]1C[C@H](n2cc(/C=C/Br)c(=O)[nH]c2=O)O[C@@H]1CO. The van der Waals surface area contributed by atoms with Crippen LogP contribution in [0.4, 0.5) is 0 Å². The van der Waals surface area contributed by atoms with Crippen molar-refractivity contribution in [3.8, 4) is 0 Å². The van der Waals surface area contributed by atoms with E-state index in [0.717, 1.165) is 19.3 Å². The molecule has 0 unspecified atom stereocenters. The smallest absolute Gasteiger partial charge is 0.330 e. The summed E-state index contributed by atoms with van der Waals surface area (Å²) in [4.78, 5) is 40.0. The van der Waals surface area contributed by atoms with Gasteiger partial charge in [-0.1, -0.05) is 61.4 Å². The fraction of sp³-hybridized carbons (Fsp3) is 0.667. The molecular formula is C21H31BrN2O6. The normalized spacial score (nSPS) is 21.4. The molecule has 9 heteroatoms. The number of unbranched alkanes of at least 4 members (excludes halogenated alkanes) is 6. The standard InChI is InChI=1S/C21H31BrN2O6/c1-2-3-4-5-6-7-8-9-19(26)30-16-12-18(29-17(16)14-25)24-13-15(10-11-22)20(27)23-21(24)28/h10-11,13,16-18,25H,2-9,12,14H2,1H3,(H,23,27,28)/b11-10+/t16-,17+,18+/m0/s1. The predicted octanol–water partition coefficient (Wildman–Crippen LogP) is 3.23. The highest BCUT2D eigenvalue weighted by molar-refractivity contribution is 9.11. The first-order valence-electron chi connectivity index (χ1n) is 10.6. The molecule has 0 amide bonds. The second-order valence-corrected chi connectivity index (χ2v) is 8.02. The molecule has 1 aliphatic heterocycles. The summed E-state index contributed by atoms with van der Waals surface area (Å²) in [5.41, 5.74) is -0.861. The Morgan fingerprint density at radius 3 is 2.67 bits per heavy atom. The van der Waals surface area contributed by atoms with E-state index in [9.17, 15) is 19.5 Å². The summed E-state index contributed by atoms with van der Waals surface area (Å²) in [5, 5.41) is 9.60. The van der Waals surface area contributed by atoms with Gasteiger partial charge >= 0.3 is 11.7 Å². The van der Waals surface area contributed by atoms with Crippen LogP contribution in [-0.4, -0.2) is 39.4 Å². The fourth-order valence-corrected chi connectivity index (χ4v) is 3.80. The molecule has 1 aromatic rings. The maximum atomic E-state index is 12.2. The largest absolute Gasteiger partial charge is 0.459 e. The number of aliphatic hydroxyl groups excluding tert-OH is 1. The lowest BCUT2D eigenvalue weighted by Crippen LogP contribution is -2.33. The van der Waals surface area contributed by atoms with Crippen molar-refractivity contribution in [2.45, 2.75) is 83.1 Å². The van der Waals surface area contributed by atoms with Crippen molar-refractivity contribution in [3.63, 3.8) is 0 Å². The van der Waals surface area contributed by atoms with Gasteiger partial charge in [0.15, 0.2) is 0 Å². The highest BCUT2D eigenvalue weighted by atomic mass is 79.9. The number of esters is 1. The van der Waals surface area contributed by atoms with Gasteiger partial charge in [0, 0.05) is 19.0 Å². The van der Waals surface area contributed by atoms with E-state index >= 15 is 0 Å². The van der Waals surface area contributed by atoms with Crippen molar-refractivity contribution in [1.29, 1.82) is 0 Å². The number of aromatic nitrogens is 2. The van der Waals surface area contributed by atoms with Crippen LogP contribution in [0.1, 0.15) is 76.5 Å². The summed E-state index contributed by atoms with van der Waals surface area (Å²) in [7, 11) is 0. The molecule has 0 aliphatic carbocycles. The molecule has 1 saturated heterocycles. The Morgan fingerprint density at radius 1 is 1.30 bits per heavy atom. The van der Waals surface area contributed by atoms with Gasteiger partial charge in [-0.05, 0) is 17.5 Å². The monoisotopic (exact) mass is 486 g/mol. The number of rotatable bonds is 12. The number of carbonyl (C=O) groups is 1. The summed E-state index contributed by atoms with van der Waals surface area (Å²) in [6.07, 6.45) is 9.08. The first-order valence-corrected chi connectivity index (χ1v) is 11.5. The molecule has 0 aromatic carbocycles. The maximum Gasteiger partial charge on any atom is 0.330 e. The van der Waals surface area contributed by atoms with Gasteiger partial charge < -0.3 is 14.6 Å². The average molecular weight is 487 g/mol. The van der Waals surface area contributed by atoms with Gasteiger partial charge in [-0.15, -0.1) is 0 Å². The van der Waals surface area contributed by atoms with E-state index in [4.69, 9.17) is 9.47 Å². The molecule has 0 saturated carbocycles. The fourth-order valence-electron chi connectivity index (χ4n) is 3.51. The van der Waals surface area contributed by atoms with Crippen LogP contribution in [0.2, 0.25) is 0 Å².